The quantitative estimate of drug-likeness (QED) is 0.321. The highest BCUT2D eigenvalue weighted by Crippen LogP contribution is 2.27. The van der Waals surface area contributed by atoms with Crippen molar-refractivity contribution in [3.8, 4) is 11.3 Å². The van der Waals surface area contributed by atoms with Crippen LogP contribution in [0.5, 0.6) is 0 Å². The summed E-state index contributed by atoms with van der Waals surface area (Å²) in [5.41, 5.74) is 5.55. The zero-order chi connectivity index (χ0) is 22.5. The zero-order valence-corrected chi connectivity index (χ0v) is 18.2. The van der Waals surface area contributed by atoms with Crippen molar-refractivity contribution >= 4 is 22.7 Å². The summed E-state index contributed by atoms with van der Waals surface area (Å²) < 4.78 is 2.01. The van der Waals surface area contributed by atoms with Gasteiger partial charge in [-0.3, -0.25) is 4.98 Å². The summed E-state index contributed by atoms with van der Waals surface area (Å²) >= 11 is 0. The number of anilines is 2. The Morgan fingerprint density at radius 1 is 1.03 bits per heavy atom. The molecule has 0 saturated carbocycles. The number of aliphatic hydroxyl groups excluding tert-OH is 2. The molecule has 0 bridgehead atoms. The predicted octanol–water partition coefficient (Wildman–Crippen LogP) is 3.45. The molecule has 0 radical (unpaired) electrons. The van der Waals surface area contributed by atoms with Crippen LogP contribution in [0.4, 0.5) is 11.5 Å². The van der Waals surface area contributed by atoms with Crippen LogP contribution in [-0.4, -0.2) is 49.0 Å². The first-order chi connectivity index (χ1) is 15.5. The van der Waals surface area contributed by atoms with Gasteiger partial charge in [0, 0.05) is 37.0 Å². The van der Waals surface area contributed by atoms with Crippen LogP contribution < -0.4 is 10.6 Å². The lowest BCUT2D eigenvalue weighted by Gasteiger charge is -2.14. The minimum absolute atomic E-state index is 0.206. The molecule has 166 valence electrons. The molecule has 3 aromatic heterocycles. The fourth-order valence-corrected chi connectivity index (χ4v) is 3.42. The van der Waals surface area contributed by atoms with Crippen LogP contribution in [0.3, 0.4) is 0 Å². The summed E-state index contributed by atoms with van der Waals surface area (Å²) in [5, 5.41) is 25.3. The molecule has 0 aliphatic heterocycles. The van der Waals surface area contributed by atoms with E-state index in [2.05, 4.69) is 63.7 Å². The van der Waals surface area contributed by atoms with Crippen molar-refractivity contribution in [2.75, 3.05) is 23.8 Å². The van der Waals surface area contributed by atoms with E-state index in [1.807, 2.05) is 28.8 Å². The number of fused-ring (bicyclic) bond motifs is 1. The monoisotopic (exact) mass is 432 g/mol. The normalized spacial score (nSPS) is 12.3. The first kappa shape index (κ1) is 21.7. The molecule has 32 heavy (non-hydrogen) atoms. The fraction of sp³-hybridized carbons (Fsp3) is 0.292. The van der Waals surface area contributed by atoms with E-state index in [1.165, 1.54) is 0 Å². The maximum atomic E-state index is 9.68. The van der Waals surface area contributed by atoms with Gasteiger partial charge in [-0.05, 0) is 31.5 Å². The van der Waals surface area contributed by atoms with Crippen LogP contribution in [0, 0.1) is 0 Å². The Hall–Kier alpha value is -3.49. The third-order valence-corrected chi connectivity index (χ3v) is 5.21. The minimum atomic E-state index is -0.850. The summed E-state index contributed by atoms with van der Waals surface area (Å²) in [5.74, 6) is 0.611. The molecule has 4 N–H and O–H groups in total. The number of nitrogens with zero attached hydrogens (tertiary/aromatic N) is 4. The molecule has 0 aliphatic rings. The van der Waals surface area contributed by atoms with Gasteiger partial charge in [0.2, 0.25) is 0 Å². The average Bonchev–Trinajstić information content (AvgIpc) is 3.26. The zero-order valence-electron chi connectivity index (χ0n) is 18.2. The second-order valence-electron chi connectivity index (χ2n) is 7.96. The van der Waals surface area contributed by atoms with Crippen molar-refractivity contribution in [2.45, 2.75) is 32.5 Å². The Labute approximate surface area is 187 Å². The van der Waals surface area contributed by atoms with E-state index in [4.69, 9.17) is 5.11 Å². The molecule has 8 heteroatoms. The number of rotatable bonds is 9. The van der Waals surface area contributed by atoms with E-state index in [1.54, 1.807) is 12.5 Å². The Kier molecular flexibility index (Phi) is 6.63. The van der Waals surface area contributed by atoms with Gasteiger partial charge < -0.3 is 25.4 Å². The lowest BCUT2D eigenvalue weighted by molar-refractivity contribution is 0.105. The number of aliphatic hydroxyl groups is 2. The molecule has 0 spiro atoms. The van der Waals surface area contributed by atoms with Gasteiger partial charge in [-0.1, -0.05) is 30.3 Å². The van der Waals surface area contributed by atoms with Crippen LogP contribution >= 0.6 is 0 Å². The van der Waals surface area contributed by atoms with Crippen LogP contribution in [0.25, 0.3) is 22.4 Å². The Balaban J connectivity index is 1.56. The summed E-state index contributed by atoms with van der Waals surface area (Å²) in [4.78, 5) is 13.6. The van der Waals surface area contributed by atoms with Crippen molar-refractivity contribution in [3.63, 3.8) is 0 Å². The number of hydrogen-bond donors (Lipinski definition) is 4. The number of aromatic nitrogens is 4. The highest BCUT2D eigenvalue weighted by atomic mass is 16.3. The number of pyridine rings is 2. The van der Waals surface area contributed by atoms with Gasteiger partial charge in [0.15, 0.2) is 5.65 Å². The van der Waals surface area contributed by atoms with Crippen LogP contribution in [-0.2, 0) is 6.54 Å². The lowest BCUT2D eigenvalue weighted by atomic mass is 10.1. The molecule has 4 aromatic rings. The Morgan fingerprint density at radius 3 is 2.53 bits per heavy atom. The van der Waals surface area contributed by atoms with Crippen LogP contribution in [0.1, 0.15) is 25.5 Å². The summed E-state index contributed by atoms with van der Waals surface area (Å²) in [6.45, 7) is 4.68. The van der Waals surface area contributed by atoms with Crippen molar-refractivity contribution in [1.29, 1.82) is 0 Å². The van der Waals surface area contributed by atoms with Gasteiger partial charge in [0.1, 0.15) is 11.3 Å². The number of benzene rings is 1. The second kappa shape index (κ2) is 9.76. The van der Waals surface area contributed by atoms with E-state index >= 15 is 0 Å². The van der Waals surface area contributed by atoms with Gasteiger partial charge in [-0.25, -0.2) is 9.97 Å². The van der Waals surface area contributed by atoms with Gasteiger partial charge >= 0.3 is 0 Å². The van der Waals surface area contributed by atoms with E-state index < -0.39 is 6.10 Å². The predicted molar refractivity (Wildman–Crippen MR) is 126 cm³/mol. The smallest absolute Gasteiger partial charge is 0.164 e. The standard InChI is InChI=1S/C24H28N6O2/c1-16(2)30-15-28-23-21(11-22(29-24(23)30)27-13-19(32)14-31)26-12-17-6-8-18(9-7-17)20-5-3-4-10-25-20/h3-11,15-16,19,31-32H,12-14H2,1-2H3,(H2,26,27,29)/t19-/m0/s1. The average molecular weight is 433 g/mol. The number of hydrogen-bond acceptors (Lipinski definition) is 7. The molecule has 0 saturated heterocycles. The highest BCUT2D eigenvalue weighted by molar-refractivity contribution is 5.88. The molecule has 0 amide bonds. The second-order valence-corrected chi connectivity index (χ2v) is 7.96. The SMILES string of the molecule is CC(C)n1cnc2c(NCc3ccc(-c4ccccn4)cc3)cc(NC[C@H](O)CO)nc21. The molecule has 0 unspecified atom stereocenters. The van der Waals surface area contributed by atoms with Gasteiger partial charge in [0.25, 0.3) is 0 Å². The molecule has 3 heterocycles. The third-order valence-electron chi connectivity index (χ3n) is 5.21. The molecule has 1 atom stereocenters. The van der Waals surface area contributed by atoms with Crippen molar-refractivity contribution in [3.05, 3.63) is 66.6 Å². The van der Waals surface area contributed by atoms with Gasteiger partial charge in [-0.2, -0.15) is 0 Å². The number of imidazole rings is 1. The Morgan fingerprint density at radius 2 is 1.84 bits per heavy atom. The fourth-order valence-electron chi connectivity index (χ4n) is 3.42. The molecule has 1 aromatic carbocycles. The maximum Gasteiger partial charge on any atom is 0.164 e. The topological polar surface area (TPSA) is 108 Å². The van der Waals surface area contributed by atoms with Crippen molar-refractivity contribution < 1.29 is 10.2 Å². The lowest BCUT2D eigenvalue weighted by Crippen LogP contribution is -2.23. The van der Waals surface area contributed by atoms with Gasteiger partial charge in [0.05, 0.1) is 30.4 Å². The van der Waals surface area contributed by atoms with E-state index in [-0.39, 0.29) is 19.2 Å². The van der Waals surface area contributed by atoms with Gasteiger partial charge in [-0.15, -0.1) is 0 Å². The molecule has 8 nitrogen and oxygen atoms in total. The first-order valence-corrected chi connectivity index (χ1v) is 10.7. The molecule has 0 fully saturated rings. The largest absolute Gasteiger partial charge is 0.394 e. The molecular weight excluding hydrogens is 404 g/mol. The third kappa shape index (κ3) is 4.87. The van der Waals surface area contributed by atoms with E-state index in [0.717, 1.165) is 33.7 Å². The summed E-state index contributed by atoms with van der Waals surface area (Å²) in [6.07, 6.45) is 2.74. The molecular formula is C24H28N6O2. The summed E-state index contributed by atoms with van der Waals surface area (Å²) in [7, 11) is 0. The van der Waals surface area contributed by atoms with E-state index in [9.17, 15) is 5.11 Å². The minimum Gasteiger partial charge on any atom is -0.394 e. The summed E-state index contributed by atoms with van der Waals surface area (Å²) in [6, 6.07) is 16.3. The van der Waals surface area contributed by atoms with Crippen LogP contribution in [0.2, 0.25) is 0 Å². The first-order valence-electron chi connectivity index (χ1n) is 10.7. The van der Waals surface area contributed by atoms with Crippen molar-refractivity contribution in [1.82, 2.24) is 19.5 Å². The number of nitrogens with one attached hydrogen (secondary N) is 2. The van der Waals surface area contributed by atoms with E-state index in [0.29, 0.717) is 12.4 Å². The molecule has 4 rings (SSSR count). The van der Waals surface area contributed by atoms with Crippen molar-refractivity contribution in [2.24, 2.45) is 0 Å². The maximum absolute atomic E-state index is 9.68. The highest BCUT2D eigenvalue weighted by Gasteiger charge is 2.14. The van der Waals surface area contributed by atoms with Crippen LogP contribution in [0.15, 0.2) is 61.1 Å². The Bertz CT molecular complexity index is 1160. The molecule has 0 aliphatic carbocycles.